The van der Waals surface area contributed by atoms with Crippen LogP contribution >= 0.6 is 0 Å². The summed E-state index contributed by atoms with van der Waals surface area (Å²) in [6.07, 6.45) is 2.17. The highest BCUT2D eigenvalue weighted by molar-refractivity contribution is 5.96. The Morgan fingerprint density at radius 3 is 2.50 bits per heavy atom. The van der Waals surface area contributed by atoms with Gasteiger partial charge in [-0.25, -0.2) is 4.79 Å². The Morgan fingerprint density at radius 1 is 1.07 bits per heavy atom. The van der Waals surface area contributed by atoms with Crippen LogP contribution in [0.1, 0.15) is 23.2 Å². The molecule has 1 N–H and O–H groups in total. The molecule has 0 unspecified atom stereocenters. The lowest BCUT2D eigenvalue weighted by Crippen LogP contribution is -2.21. The van der Waals surface area contributed by atoms with Gasteiger partial charge in [0.1, 0.15) is 23.9 Å². The van der Waals surface area contributed by atoms with Crippen molar-refractivity contribution in [2.24, 2.45) is 0 Å². The first-order chi connectivity index (χ1) is 14.6. The summed E-state index contributed by atoms with van der Waals surface area (Å²) in [4.78, 5) is 24.3. The predicted octanol–water partition coefficient (Wildman–Crippen LogP) is 3.06. The van der Waals surface area contributed by atoms with Crippen LogP contribution in [-0.4, -0.2) is 52.0 Å². The van der Waals surface area contributed by atoms with Crippen molar-refractivity contribution in [2.45, 2.75) is 18.9 Å². The molecular formula is C22H25NO7. The molecule has 1 aliphatic heterocycles. The smallest absolute Gasteiger partial charge is 0.338 e. The van der Waals surface area contributed by atoms with Gasteiger partial charge in [0.2, 0.25) is 0 Å². The number of rotatable bonds is 9. The number of esters is 1. The Morgan fingerprint density at radius 2 is 1.83 bits per heavy atom. The van der Waals surface area contributed by atoms with E-state index < -0.39 is 18.5 Å². The van der Waals surface area contributed by atoms with Crippen LogP contribution in [0.3, 0.4) is 0 Å². The average Bonchev–Trinajstić information content (AvgIpc) is 3.30. The van der Waals surface area contributed by atoms with Crippen LogP contribution in [0.25, 0.3) is 0 Å². The molecule has 30 heavy (non-hydrogen) atoms. The van der Waals surface area contributed by atoms with Crippen molar-refractivity contribution in [2.75, 3.05) is 39.4 Å². The SMILES string of the molecule is COc1ccc(NC(=O)COC(=O)c2ccc(OC[C@H]3CCCO3)cc2)c(OC)c1. The van der Waals surface area contributed by atoms with E-state index in [4.69, 9.17) is 23.7 Å². The van der Waals surface area contributed by atoms with E-state index in [9.17, 15) is 9.59 Å². The highest BCUT2D eigenvalue weighted by Crippen LogP contribution is 2.29. The van der Waals surface area contributed by atoms with Crippen molar-refractivity contribution in [3.05, 3.63) is 48.0 Å². The van der Waals surface area contributed by atoms with E-state index in [0.717, 1.165) is 19.4 Å². The van der Waals surface area contributed by atoms with Gasteiger partial charge in [-0.05, 0) is 49.2 Å². The highest BCUT2D eigenvalue weighted by atomic mass is 16.5. The van der Waals surface area contributed by atoms with Crippen molar-refractivity contribution >= 4 is 17.6 Å². The zero-order valence-corrected chi connectivity index (χ0v) is 17.0. The Bertz CT molecular complexity index is 860. The topological polar surface area (TPSA) is 92.3 Å². The Labute approximate surface area is 175 Å². The second kappa shape index (κ2) is 10.5. The van der Waals surface area contributed by atoms with E-state index in [0.29, 0.717) is 35.1 Å². The lowest BCUT2D eigenvalue weighted by molar-refractivity contribution is -0.119. The van der Waals surface area contributed by atoms with Gasteiger partial charge in [0.15, 0.2) is 6.61 Å². The van der Waals surface area contributed by atoms with E-state index in [1.807, 2.05) is 0 Å². The second-order valence-corrected chi connectivity index (χ2v) is 6.66. The van der Waals surface area contributed by atoms with Gasteiger partial charge in [0.05, 0.1) is 31.6 Å². The minimum atomic E-state index is -0.600. The number of ether oxygens (including phenoxy) is 5. The number of carbonyl (C=O) groups is 2. The van der Waals surface area contributed by atoms with Gasteiger partial charge in [-0.15, -0.1) is 0 Å². The highest BCUT2D eigenvalue weighted by Gasteiger charge is 2.16. The first kappa shape index (κ1) is 21.4. The fourth-order valence-electron chi connectivity index (χ4n) is 2.95. The molecule has 1 fully saturated rings. The van der Waals surface area contributed by atoms with Crippen molar-refractivity contribution in [1.82, 2.24) is 0 Å². The predicted molar refractivity (Wildman–Crippen MR) is 109 cm³/mol. The summed E-state index contributed by atoms with van der Waals surface area (Å²) in [5.74, 6) is 0.597. The molecule has 0 aromatic heterocycles. The van der Waals surface area contributed by atoms with Crippen LogP contribution in [0.5, 0.6) is 17.2 Å². The number of methoxy groups -OCH3 is 2. The molecule has 1 aliphatic rings. The zero-order valence-electron chi connectivity index (χ0n) is 17.0. The number of amides is 1. The lowest BCUT2D eigenvalue weighted by atomic mass is 10.2. The molecule has 160 valence electrons. The molecule has 1 amide bonds. The molecular weight excluding hydrogens is 390 g/mol. The summed E-state index contributed by atoms with van der Waals surface area (Å²) < 4.78 is 26.6. The van der Waals surface area contributed by atoms with E-state index in [-0.39, 0.29) is 6.10 Å². The maximum Gasteiger partial charge on any atom is 0.338 e. The van der Waals surface area contributed by atoms with Crippen LogP contribution in [0.15, 0.2) is 42.5 Å². The van der Waals surface area contributed by atoms with Gasteiger partial charge in [-0.1, -0.05) is 0 Å². The Kier molecular flexibility index (Phi) is 7.51. The number of carbonyl (C=O) groups excluding carboxylic acids is 2. The summed E-state index contributed by atoms with van der Waals surface area (Å²) >= 11 is 0. The quantitative estimate of drug-likeness (QED) is 0.629. The van der Waals surface area contributed by atoms with Crippen molar-refractivity contribution in [1.29, 1.82) is 0 Å². The molecule has 8 nitrogen and oxygen atoms in total. The van der Waals surface area contributed by atoms with E-state index in [1.54, 1.807) is 42.5 Å². The van der Waals surface area contributed by atoms with Gasteiger partial charge in [-0.3, -0.25) is 4.79 Å². The van der Waals surface area contributed by atoms with Crippen molar-refractivity contribution < 1.29 is 33.3 Å². The second-order valence-electron chi connectivity index (χ2n) is 6.66. The van der Waals surface area contributed by atoms with Crippen molar-refractivity contribution in [3.63, 3.8) is 0 Å². The molecule has 2 aromatic rings. The summed E-state index contributed by atoms with van der Waals surface area (Å²) in [5, 5.41) is 2.64. The zero-order chi connectivity index (χ0) is 21.3. The van der Waals surface area contributed by atoms with Crippen LogP contribution < -0.4 is 19.5 Å². The molecule has 1 atom stereocenters. The van der Waals surface area contributed by atoms with Crippen molar-refractivity contribution in [3.8, 4) is 17.2 Å². The van der Waals surface area contributed by atoms with E-state index in [2.05, 4.69) is 5.32 Å². The minimum absolute atomic E-state index is 0.123. The van der Waals surface area contributed by atoms with E-state index >= 15 is 0 Å². The van der Waals surface area contributed by atoms with Crippen LogP contribution in [-0.2, 0) is 14.3 Å². The Hall–Kier alpha value is -3.26. The number of nitrogens with one attached hydrogen (secondary N) is 1. The minimum Gasteiger partial charge on any atom is -0.497 e. The van der Waals surface area contributed by atoms with Crippen LogP contribution in [0.2, 0.25) is 0 Å². The maximum atomic E-state index is 12.2. The lowest BCUT2D eigenvalue weighted by Gasteiger charge is -2.12. The van der Waals surface area contributed by atoms with Crippen LogP contribution in [0.4, 0.5) is 5.69 Å². The van der Waals surface area contributed by atoms with Gasteiger partial charge >= 0.3 is 5.97 Å². The molecule has 0 spiro atoms. The average molecular weight is 415 g/mol. The molecule has 2 aromatic carbocycles. The van der Waals surface area contributed by atoms with Gasteiger partial charge in [0.25, 0.3) is 5.91 Å². The molecule has 3 rings (SSSR count). The largest absolute Gasteiger partial charge is 0.497 e. The number of hydrogen-bond acceptors (Lipinski definition) is 7. The first-order valence-electron chi connectivity index (χ1n) is 9.62. The maximum absolute atomic E-state index is 12.2. The number of benzene rings is 2. The standard InChI is InChI=1S/C22H25NO7/c1-26-17-9-10-19(20(12-17)27-2)23-21(24)14-30-22(25)15-5-7-16(8-6-15)29-13-18-4-3-11-28-18/h5-10,12,18H,3-4,11,13-14H2,1-2H3,(H,23,24)/t18-/m1/s1. The fraction of sp³-hybridized carbons (Fsp3) is 0.364. The third kappa shape index (κ3) is 5.87. The molecule has 1 saturated heterocycles. The molecule has 0 radical (unpaired) electrons. The third-order valence-corrected chi connectivity index (χ3v) is 4.57. The summed E-state index contributed by atoms with van der Waals surface area (Å²) in [6.45, 7) is 0.835. The number of anilines is 1. The van der Waals surface area contributed by atoms with Gasteiger partial charge in [-0.2, -0.15) is 0 Å². The molecule has 0 bridgehead atoms. The van der Waals surface area contributed by atoms with Crippen LogP contribution in [0, 0.1) is 0 Å². The molecule has 0 saturated carbocycles. The summed E-state index contributed by atoms with van der Waals surface area (Å²) in [6, 6.07) is 11.5. The van der Waals surface area contributed by atoms with Gasteiger partial charge in [0, 0.05) is 12.7 Å². The monoisotopic (exact) mass is 415 g/mol. The third-order valence-electron chi connectivity index (χ3n) is 4.57. The fourth-order valence-corrected chi connectivity index (χ4v) is 2.95. The molecule has 0 aliphatic carbocycles. The van der Waals surface area contributed by atoms with Gasteiger partial charge < -0.3 is 29.0 Å². The summed E-state index contributed by atoms with van der Waals surface area (Å²) in [5.41, 5.74) is 0.779. The molecule has 1 heterocycles. The Balaban J connectivity index is 1.47. The number of hydrogen-bond donors (Lipinski definition) is 1. The summed E-state index contributed by atoms with van der Waals surface area (Å²) in [7, 11) is 3.02. The van der Waals surface area contributed by atoms with E-state index in [1.165, 1.54) is 14.2 Å². The first-order valence-corrected chi connectivity index (χ1v) is 9.62. The molecule has 8 heteroatoms. The normalized spacial score (nSPS) is 15.3.